The second kappa shape index (κ2) is 14.5. The lowest BCUT2D eigenvalue weighted by Gasteiger charge is -2.22. The molecule has 0 aliphatic rings. The van der Waals surface area contributed by atoms with Crippen molar-refractivity contribution in [2.24, 2.45) is 12.8 Å². The Hall–Kier alpha value is -3.44. The third-order valence-electron chi connectivity index (χ3n) is 7.10. The van der Waals surface area contributed by atoms with Crippen LogP contribution in [0.2, 0.25) is 0 Å². The molecule has 0 bridgehead atoms. The number of nitrogens with two attached hydrogens (primary N) is 1. The largest absolute Gasteiger partial charge is 0.339 e. The van der Waals surface area contributed by atoms with Gasteiger partial charge in [0.25, 0.3) is 5.91 Å². The van der Waals surface area contributed by atoms with Crippen molar-refractivity contribution in [1.29, 1.82) is 0 Å². The summed E-state index contributed by atoms with van der Waals surface area (Å²) in [6, 6.07) is 22.7. The highest BCUT2D eigenvalue weighted by Gasteiger charge is 2.17. The van der Waals surface area contributed by atoms with E-state index in [0.29, 0.717) is 6.54 Å². The predicted molar refractivity (Wildman–Crippen MR) is 159 cm³/mol. The van der Waals surface area contributed by atoms with E-state index in [1.54, 1.807) is 0 Å². The molecule has 38 heavy (non-hydrogen) atoms. The minimum atomic E-state index is 0.111. The molecule has 0 radical (unpaired) electrons. The molecule has 0 fully saturated rings. The number of carbonyl (C=O) groups excluding carboxylic acids is 1. The van der Waals surface area contributed by atoms with Crippen molar-refractivity contribution in [3.63, 3.8) is 0 Å². The van der Waals surface area contributed by atoms with E-state index in [2.05, 4.69) is 80.8 Å². The first-order chi connectivity index (χ1) is 18.4. The third kappa shape index (κ3) is 7.78. The van der Waals surface area contributed by atoms with Gasteiger partial charge in [0.2, 0.25) is 0 Å². The first kappa shape index (κ1) is 29.1. The molecule has 0 saturated heterocycles. The number of fused-ring (bicyclic) bond motifs is 1. The van der Waals surface area contributed by atoms with Gasteiger partial charge >= 0.3 is 0 Å². The van der Waals surface area contributed by atoms with Gasteiger partial charge in [0.15, 0.2) is 0 Å². The number of amides is 1. The van der Waals surface area contributed by atoms with E-state index in [9.17, 15) is 4.79 Å². The topological polar surface area (TPSA) is 64.2 Å². The monoisotopic (exact) mass is 512 g/mol. The van der Waals surface area contributed by atoms with E-state index >= 15 is 0 Å². The summed E-state index contributed by atoms with van der Waals surface area (Å²) in [5, 5.41) is 0. The average Bonchev–Trinajstić information content (AvgIpc) is 3.26. The molecule has 1 amide bonds. The Morgan fingerprint density at radius 2 is 1.53 bits per heavy atom. The molecular weight excluding hydrogens is 468 g/mol. The van der Waals surface area contributed by atoms with Gasteiger partial charge in [-0.05, 0) is 73.6 Å². The Bertz CT molecular complexity index is 1290. The first-order valence-electron chi connectivity index (χ1n) is 13.9. The van der Waals surface area contributed by atoms with Gasteiger partial charge in [-0.1, -0.05) is 68.8 Å². The summed E-state index contributed by atoms with van der Waals surface area (Å²) in [6.45, 7) is 10.7. The van der Waals surface area contributed by atoms with Crippen LogP contribution in [-0.4, -0.2) is 33.4 Å². The Morgan fingerprint density at radius 1 is 0.868 bits per heavy atom. The fraction of sp³-hybridized carbons (Fsp3) is 0.394. The van der Waals surface area contributed by atoms with E-state index in [0.717, 1.165) is 73.2 Å². The Kier molecular flexibility index (Phi) is 11.1. The number of aryl methyl sites for hydroxylation is 5. The van der Waals surface area contributed by atoms with Gasteiger partial charge in [0, 0.05) is 38.7 Å². The quantitative estimate of drug-likeness (QED) is 0.255. The highest BCUT2D eigenvalue weighted by atomic mass is 16.2. The lowest BCUT2D eigenvalue weighted by Crippen LogP contribution is -2.32. The van der Waals surface area contributed by atoms with Gasteiger partial charge in [0.05, 0.1) is 11.0 Å². The molecule has 1 aromatic heterocycles. The molecule has 5 heteroatoms. The van der Waals surface area contributed by atoms with E-state index in [1.165, 1.54) is 16.7 Å². The average molecular weight is 513 g/mol. The van der Waals surface area contributed by atoms with Crippen LogP contribution in [-0.2, 0) is 26.4 Å². The normalized spacial score (nSPS) is 10.8. The van der Waals surface area contributed by atoms with E-state index in [1.807, 2.05) is 30.1 Å². The highest BCUT2D eigenvalue weighted by Crippen LogP contribution is 2.20. The Labute approximate surface area is 228 Å². The number of benzene rings is 3. The van der Waals surface area contributed by atoms with Gasteiger partial charge in [-0.2, -0.15) is 0 Å². The van der Waals surface area contributed by atoms with Crippen molar-refractivity contribution in [3.8, 4) is 0 Å². The van der Waals surface area contributed by atoms with Crippen molar-refractivity contribution >= 4 is 16.9 Å². The van der Waals surface area contributed by atoms with Crippen LogP contribution in [0.15, 0.2) is 66.7 Å². The van der Waals surface area contributed by atoms with Gasteiger partial charge in [-0.15, -0.1) is 0 Å². The zero-order valence-corrected chi connectivity index (χ0v) is 23.8. The van der Waals surface area contributed by atoms with Crippen LogP contribution in [0.25, 0.3) is 11.0 Å². The van der Waals surface area contributed by atoms with Crippen molar-refractivity contribution in [2.45, 2.75) is 66.3 Å². The maximum absolute atomic E-state index is 13.0. The number of rotatable bonds is 10. The van der Waals surface area contributed by atoms with E-state index in [-0.39, 0.29) is 5.91 Å². The zero-order chi connectivity index (χ0) is 27.5. The fourth-order valence-electron chi connectivity index (χ4n) is 4.48. The van der Waals surface area contributed by atoms with Gasteiger partial charge < -0.3 is 15.2 Å². The molecule has 0 saturated carbocycles. The number of hydrogen-bond acceptors (Lipinski definition) is 3. The first-order valence-corrected chi connectivity index (χ1v) is 13.9. The van der Waals surface area contributed by atoms with E-state index in [4.69, 9.17) is 10.7 Å². The van der Waals surface area contributed by atoms with Gasteiger partial charge in [-0.25, -0.2) is 4.98 Å². The predicted octanol–water partition coefficient (Wildman–Crippen LogP) is 6.77. The summed E-state index contributed by atoms with van der Waals surface area (Å²) in [6.07, 6.45) is 4.88. The van der Waals surface area contributed by atoms with Crippen molar-refractivity contribution in [3.05, 3.63) is 100 Å². The smallest absolute Gasteiger partial charge is 0.253 e. The zero-order valence-electron chi connectivity index (χ0n) is 23.8. The van der Waals surface area contributed by atoms with Gasteiger partial charge in [-0.3, -0.25) is 4.79 Å². The molecule has 1 heterocycles. The molecule has 0 unspecified atom stereocenters. The number of carbonyl (C=O) groups is 1. The number of hydrogen-bond donors (Lipinski definition) is 1. The molecule has 0 atom stereocenters. The van der Waals surface area contributed by atoms with Crippen LogP contribution < -0.4 is 5.73 Å². The second-order valence-electron chi connectivity index (χ2n) is 10.0. The summed E-state index contributed by atoms with van der Waals surface area (Å²) in [4.78, 5) is 19.8. The van der Waals surface area contributed by atoms with Crippen molar-refractivity contribution < 1.29 is 4.79 Å². The number of unbranched alkanes of at least 4 members (excludes halogenated alkanes) is 1. The maximum Gasteiger partial charge on any atom is 0.253 e. The summed E-state index contributed by atoms with van der Waals surface area (Å²) >= 11 is 0. The van der Waals surface area contributed by atoms with Crippen LogP contribution in [0.4, 0.5) is 0 Å². The minimum Gasteiger partial charge on any atom is -0.339 e. The third-order valence-corrected chi connectivity index (χ3v) is 7.10. The van der Waals surface area contributed by atoms with Gasteiger partial charge in [0.1, 0.15) is 5.82 Å². The summed E-state index contributed by atoms with van der Waals surface area (Å²) in [5.41, 5.74) is 13.5. The highest BCUT2D eigenvalue weighted by molar-refractivity contribution is 5.97. The number of nitrogens with zero attached hydrogens (tertiary/aromatic N) is 3. The van der Waals surface area contributed by atoms with Crippen LogP contribution in [0, 0.1) is 13.8 Å². The molecule has 0 spiro atoms. The molecule has 4 rings (SSSR count). The molecule has 0 aliphatic heterocycles. The molecule has 202 valence electrons. The fourth-order valence-corrected chi connectivity index (χ4v) is 4.48. The Morgan fingerprint density at radius 3 is 2.11 bits per heavy atom. The molecule has 2 N–H and O–H groups in total. The molecule has 5 nitrogen and oxygen atoms in total. The molecular formula is C33H44N4O. The second-order valence-corrected chi connectivity index (χ2v) is 10.0. The molecule has 3 aromatic carbocycles. The van der Waals surface area contributed by atoms with Crippen LogP contribution in [0.5, 0.6) is 0 Å². The van der Waals surface area contributed by atoms with Crippen LogP contribution >= 0.6 is 0 Å². The lowest BCUT2D eigenvalue weighted by atomic mass is 10.1. The summed E-state index contributed by atoms with van der Waals surface area (Å²) in [5.74, 6) is 1.15. The Balaban J connectivity index is 0.000000427. The summed E-state index contributed by atoms with van der Waals surface area (Å²) < 4.78 is 2.14. The molecule has 4 aromatic rings. The number of aromatic nitrogens is 2. The maximum atomic E-state index is 13.0. The van der Waals surface area contributed by atoms with Crippen molar-refractivity contribution in [1.82, 2.24) is 14.5 Å². The van der Waals surface area contributed by atoms with Crippen molar-refractivity contribution in [2.75, 3.05) is 13.1 Å². The summed E-state index contributed by atoms with van der Waals surface area (Å²) in [7, 11) is 2.05. The lowest BCUT2D eigenvalue weighted by molar-refractivity contribution is 0.0753. The SMILES string of the molecule is CCCCN(CCC)C(=O)c1ccc2c(c1)nc(CCc1ccc(CN)cc1)n2C.Cc1ccccc1C. The standard InChI is InChI=1S/C25H34N4O.C8H10/c1-4-6-16-29(15-5-2)25(30)21-12-13-23-22(17-21)27-24(28(23)3)14-11-19-7-9-20(18-26)10-8-19;1-7-5-3-4-6-8(7)2/h7-10,12-13,17H,4-6,11,14-16,18,26H2,1-3H3;3-6H,1-2H3. The van der Waals surface area contributed by atoms with Crippen LogP contribution in [0.3, 0.4) is 0 Å². The van der Waals surface area contributed by atoms with Crippen LogP contribution in [0.1, 0.15) is 71.5 Å². The molecule has 0 aliphatic carbocycles. The minimum absolute atomic E-state index is 0.111. The number of imidazole rings is 1. The van der Waals surface area contributed by atoms with E-state index < -0.39 is 0 Å².